The van der Waals surface area contributed by atoms with Crippen LogP contribution in [0.2, 0.25) is 0 Å². The van der Waals surface area contributed by atoms with Gasteiger partial charge < -0.3 is 14.8 Å². The number of imide groups is 1. The van der Waals surface area contributed by atoms with Crippen LogP contribution in [0.25, 0.3) is 0 Å². The number of carbonyl (C=O) groups is 2. The number of carbonyl (C=O) groups excluding carboxylic acids is 2. The highest BCUT2D eigenvalue weighted by Gasteiger charge is 2.30. The molecular formula is C23H33N3O4. The van der Waals surface area contributed by atoms with Gasteiger partial charge in [0.1, 0.15) is 11.5 Å². The molecule has 164 valence electrons. The Morgan fingerprint density at radius 2 is 2.03 bits per heavy atom. The minimum absolute atomic E-state index is 0.0814. The molecule has 2 aliphatic rings. The summed E-state index contributed by atoms with van der Waals surface area (Å²) < 4.78 is 10.8. The van der Waals surface area contributed by atoms with Gasteiger partial charge in [-0.2, -0.15) is 0 Å². The van der Waals surface area contributed by atoms with Gasteiger partial charge in [-0.05, 0) is 57.6 Å². The third-order valence-electron chi connectivity index (χ3n) is 5.88. The molecule has 7 heteroatoms. The monoisotopic (exact) mass is 415 g/mol. The number of amides is 3. The molecule has 1 fully saturated rings. The summed E-state index contributed by atoms with van der Waals surface area (Å²) in [6.45, 7) is 1.54. The second-order valence-electron chi connectivity index (χ2n) is 7.90. The van der Waals surface area contributed by atoms with E-state index in [-0.39, 0.29) is 18.5 Å². The molecule has 30 heavy (non-hydrogen) atoms. The normalized spacial score (nSPS) is 19.1. The van der Waals surface area contributed by atoms with Crippen molar-refractivity contribution >= 4 is 11.9 Å². The highest BCUT2D eigenvalue weighted by atomic mass is 16.5. The Labute approximate surface area is 178 Å². The molecule has 0 aromatic heterocycles. The summed E-state index contributed by atoms with van der Waals surface area (Å²) >= 11 is 0. The van der Waals surface area contributed by atoms with Crippen LogP contribution in [0.15, 0.2) is 29.8 Å². The number of urea groups is 1. The van der Waals surface area contributed by atoms with E-state index >= 15 is 0 Å². The Morgan fingerprint density at radius 3 is 2.77 bits per heavy atom. The van der Waals surface area contributed by atoms with Crippen molar-refractivity contribution in [1.82, 2.24) is 15.5 Å². The van der Waals surface area contributed by atoms with Crippen molar-refractivity contribution in [2.45, 2.75) is 51.0 Å². The van der Waals surface area contributed by atoms with Crippen LogP contribution < -0.4 is 20.1 Å². The molecule has 1 saturated heterocycles. The van der Waals surface area contributed by atoms with Gasteiger partial charge in [-0.15, -0.1) is 0 Å². The van der Waals surface area contributed by atoms with Gasteiger partial charge in [-0.1, -0.05) is 17.7 Å². The van der Waals surface area contributed by atoms with Crippen LogP contribution in [0, 0.1) is 0 Å². The number of likely N-dealkylation sites (tertiary alicyclic amines) is 1. The smallest absolute Gasteiger partial charge is 0.321 e. The molecule has 0 radical (unpaired) electrons. The molecule has 0 unspecified atom stereocenters. The van der Waals surface area contributed by atoms with Gasteiger partial charge in [0.2, 0.25) is 5.91 Å². The Morgan fingerprint density at radius 1 is 1.17 bits per heavy atom. The summed E-state index contributed by atoms with van der Waals surface area (Å²) in [4.78, 5) is 26.6. The predicted octanol–water partition coefficient (Wildman–Crippen LogP) is 3.56. The first-order chi connectivity index (χ1) is 14.6. The molecule has 7 nitrogen and oxygen atoms in total. The Balaban J connectivity index is 1.49. The van der Waals surface area contributed by atoms with Crippen LogP contribution in [0.3, 0.4) is 0 Å². The van der Waals surface area contributed by atoms with E-state index in [1.54, 1.807) is 14.2 Å². The lowest BCUT2D eigenvalue weighted by Crippen LogP contribution is -2.44. The molecule has 0 spiro atoms. The highest BCUT2D eigenvalue weighted by Crippen LogP contribution is 2.38. The second kappa shape index (κ2) is 11.0. The summed E-state index contributed by atoms with van der Waals surface area (Å²) in [5, 5.41) is 5.26. The van der Waals surface area contributed by atoms with Crippen molar-refractivity contribution in [2.75, 3.05) is 33.9 Å². The predicted molar refractivity (Wildman–Crippen MR) is 116 cm³/mol. The van der Waals surface area contributed by atoms with Gasteiger partial charge >= 0.3 is 6.03 Å². The first-order valence-electron chi connectivity index (χ1n) is 10.8. The molecular weight excluding hydrogens is 382 g/mol. The average molecular weight is 416 g/mol. The fourth-order valence-electron chi connectivity index (χ4n) is 4.32. The van der Waals surface area contributed by atoms with Crippen molar-refractivity contribution in [3.8, 4) is 11.5 Å². The average Bonchev–Trinajstić information content (AvgIpc) is 3.21. The van der Waals surface area contributed by atoms with Crippen molar-refractivity contribution in [2.24, 2.45) is 0 Å². The van der Waals surface area contributed by atoms with Crippen molar-refractivity contribution in [3.05, 3.63) is 35.4 Å². The van der Waals surface area contributed by atoms with Gasteiger partial charge in [0.05, 0.1) is 20.8 Å². The summed E-state index contributed by atoms with van der Waals surface area (Å²) in [5.74, 6) is 1.20. The van der Waals surface area contributed by atoms with E-state index in [0.717, 1.165) is 55.7 Å². The number of ether oxygens (including phenoxy) is 2. The molecule has 1 heterocycles. The quantitative estimate of drug-likeness (QED) is 0.635. The highest BCUT2D eigenvalue weighted by molar-refractivity contribution is 5.95. The number of nitrogens with one attached hydrogen (secondary N) is 2. The van der Waals surface area contributed by atoms with Crippen LogP contribution >= 0.6 is 0 Å². The second-order valence-corrected chi connectivity index (χ2v) is 7.90. The standard InChI is InChI=1S/C23H33N3O4/c1-29-18-10-11-19(21(15-18)30-2)20-9-6-14-26(20)16-22(27)25-23(28)24-13-12-17-7-4-3-5-8-17/h7,10-11,15,20H,3-6,8-9,12-14,16H2,1-2H3,(H2,24,25,27,28)/t20-/m1/s1. The van der Waals surface area contributed by atoms with Crippen LogP contribution in [-0.4, -0.2) is 50.7 Å². The molecule has 1 aromatic carbocycles. The molecule has 1 atom stereocenters. The maximum atomic E-state index is 12.4. The minimum Gasteiger partial charge on any atom is -0.497 e. The van der Waals surface area contributed by atoms with Gasteiger partial charge in [0, 0.05) is 24.2 Å². The molecule has 2 N–H and O–H groups in total. The molecule has 3 amide bonds. The van der Waals surface area contributed by atoms with E-state index in [9.17, 15) is 9.59 Å². The summed E-state index contributed by atoms with van der Waals surface area (Å²) in [6, 6.07) is 5.42. The lowest BCUT2D eigenvalue weighted by atomic mass is 9.97. The van der Waals surface area contributed by atoms with Crippen LogP contribution in [0.1, 0.15) is 56.6 Å². The Hall–Kier alpha value is -2.54. The van der Waals surface area contributed by atoms with E-state index in [0.29, 0.717) is 6.54 Å². The molecule has 0 bridgehead atoms. The van der Waals surface area contributed by atoms with Crippen LogP contribution in [0.4, 0.5) is 4.79 Å². The molecule has 3 rings (SSSR count). The molecule has 1 aromatic rings. The zero-order valence-electron chi connectivity index (χ0n) is 18.0. The van der Waals surface area contributed by atoms with E-state index in [1.165, 1.54) is 18.4 Å². The number of rotatable bonds is 8. The molecule has 1 aliphatic heterocycles. The lowest BCUT2D eigenvalue weighted by molar-refractivity contribution is -0.121. The maximum Gasteiger partial charge on any atom is 0.321 e. The van der Waals surface area contributed by atoms with Crippen LogP contribution in [-0.2, 0) is 4.79 Å². The molecule has 0 saturated carbocycles. The van der Waals surface area contributed by atoms with Gasteiger partial charge in [0.15, 0.2) is 0 Å². The zero-order chi connectivity index (χ0) is 21.3. The van der Waals surface area contributed by atoms with Crippen molar-refractivity contribution in [3.63, 3.8) is 0 Å². The van der Waals surface area contributed by atoms with Gasteiger partial charge in [-0.25, -0.2) is 4.79 Å². The maximum absolute atomic E-state index is 12.4. The fraction of sp³-hybridized carbons (Fsp3) is 0.565. The Bertz CT molecular complexity index is 778. The number of benzene rings is 1. The zero-order valence-corrected chi connectivity index (χ0v) is 18.0. The van der Waals surface area contributed by atoms with E-state index < -0.39 is 6.03 Å². The van der Waals surface area contributed by atoms with Crippen LogP contribution in [0.5, 0.6) is 11.5 Å². The third kappa shape index (κ3) is 5.98. The SMILES string of the molecule is COc1ccc([C@H]2CCCN2CC(=O)NC(=O)NCCC2=CCCCC2)c(OC)c1. The summed E-state index contributed by atoms with van der Waals surface area (Å²) in [6.07, 6.45) is 9.80. The number of methoxy groups -OCH3 is 2. The number of hydrogen-bond donors (Lipinski definition) is 2. The van der Waals surface area contributed by atoms with Crippen molar-refractivity contribution < 1.29 is 19.1 Å². The number of hydrogen-bond acceptors (Lipinski definition) is 5. The Kier molecular flexibility index (Phi) is 8.13. The fourth-order valence-corrected chi connectivity index (χ4v) is 4.32. The number of allylic oxidation sites excluding steroid dienone is 1. The van der Waals surface area contributed by atoms with E-state index in [4.69, 9.17) is 9.47 Å². The number of nitrogens with zero attached hydrogens (tertiary/aromatic N) is 1. The minimum atomic E-state index is -0.422. The topological polar surface area (TPSA) is 79.9 Å². The molecule has 1 aliphatic carbocycles. The van der Waals surface area contributed by atoms with Gasteiger partial charge in [0.25, 0.3) is 0 Å². The summed E-state index contributed by atoms with van der Waals surface area (Å²) in [5.41, 5.74) is 2.44. The van der Waals surface area contributed by atoms with E-state index in [1.807, 2.05) is 18.2 Å². The summed E-state index contributed by atoms with van der Waals surface area (Å²) in [7, 11) is 3.26. The van der Waals surface area contributed by atoms with E-state index in [2.05, 4.69) is 21.6 Å². The first-order valence-corrected chi connectivity index (χ1v) is 10.8. The lowest BCUT2D eigenvalue weighted by Gasteiger charge is -2.25. The first kappa shape index (κ1) is 22.2. The van der Waals surface area contributed by atoms with Gasteiger partial charge in [-0.3, -0.25) is 15.0 Å². The largest absolute Gasteiger partial charge is 0.497 e. The third-order valence-corrected chi connectivity index (χ3v) is 5.88. The van der Waals surface area contributed by atoms with Crippen molar-refractivity contribution in [1.29, 1.82) is 0 Å².